The van der Waals surface area contributed by atoms with Crippen molar-refractivity contribution in [1.29, 1.82) is 0 Å². The topological polar surface area (TPSA) is 51.0 Å². The highest BCUT2D eigenvalue weighted by Gasteiger charge is 2.16. The largest absolute Gasteiger partial charge is 0.496 e. The molecule has 0 aliphatic rings. The van der Waals surface area contributed by atoms with E-state index in [1.165, 1.54) is 16.5 Å². The Balaban J connectivity index is 2.19. The maximum absolute atomic E-state index is 6.24. The number of halogens is 1. The Hall–Kier alpha value is -1.97. The van der Waals surface area contributed by atoms with Crippen LogP contribution < -0.4 is 10.5 Å². The van der Waals surface area contributed by atoms with Crippen molar-refractivity contribution >= 4 is 22.5 Å². The zero-order chi connectivity index (χ0) is 17.1. The van der Waals surface area contributed by atoms with Crippen molar-refractivity contribution < 1.29 is 4.74 Å². The molecule has 126 valence electrons. The van der Waals surface area contributed by atoms with Crippen LogP contribution in [0, 0.1) is 6.92 Å². The van der Waals surface area contributed by atoms with Gasteiger partial charge >= 0.3 is 0 Å². The molecule has 0 saturated carbocycles. The van der Waals surface area contributed by atoms with Crippen LogP contribution in [0.3, 0.4) is 0 Å². The van der Waals surface area contributed by atoms with Gasteiger partial charge in [-0.15, -0.1) is 0 Å². The summed E-state index contributed by atoms with van der Waals surface area (Å²) in [7, 11) is 1.69. The van der Waals surface area contributed by atoms with Gasteiger partial charge in [-0.25, -0.2) is 0 Å². The third kappa shape index (κ3) is 3.28. The molecule has 0 radical (unpaired) electrons. The van der Waals surface area contributed by atoms with Crippen molar-refractivity contribution in [3.05, 3.63) is 52.5 Å². The summed E-state index contributed by atoms with van der Waals surface area (Å²) in [5.74, 6) is 0.822. The number of benzene rings is 2. The SMILES string of the molecule is COc1ccc(Cl)cc1-c1[nH]c2ccc(C)cc2c1CCCCN. The molecule has 3 rings (SSSR count). The second-order valence-corrected chi connectivity index (χ2v) is 6.55. The molecule has 0 aliphatic heterocycles. The molecule has 24 heavy (non-hydrogen) atoms. The number of nitrogens with two attached hydrogens (primary N) is 1. The molecule has 3 aromatic rings. The lowest BCUT2D eigenvalue weighted by molar-refractivity contribution is 0.416. The molecule has 1 heterocycles. The van der Waals surface area contributed by atoms with Crippen molar-refractivity contribution in [2.24, 2.45) is 5.73 Å². The monoisotopic (exact) mass is 342 g/mol. The summed E-state index contributed by atoms with van der Waals surface area (Å²) in [5, 5.41) is 1.97. The van der Waals surface area contributed by atoms with E-state index in [1.807, 2.05) is 18.2 Å². The first-order chi connectivity index (χ1) is 11.6. The van der Waals surface area contributed by atoms with Crippen LogP contribution in [0.5, 0.6) is 5.75 Å². The van der Waals surface area contributed by atoms with Gasteiger partial charge in [0.2, 0.25) is 0 Å². The number of ether oxygens (including phenoxy) is 1. The smallest absolute Gasteiger partial charge is 0.128 e. The zero-order valence-corrected chi connectivity index (χ0v) is 14.9. The van der Waals surface area contributed by atoms with E-state index in [0.29, 0.717) is 5.02 Å². The number of H-pyrrole nitrogens is 1. The second-order valence-electron chi connectivity index (χ2n) is 6.12. The van der Waals surface area contributed by atoms with Crippen LogP contribution in [-0.4, -0.2) is 18.6 Å². The quantitative estimate of drug-likeness (QED) is 0.613. The van der Waals surface area contributed by atoms with Crippen LogP contribution in [0.25, 0.3) is 22.2 Å². The molecule has 3 N–H and O–H groups in total. The van der Waals surface area contributed by atoms with Crippen LogP contribution in [0.2, 0.25) is 5.02 Å². The fraction of sp³-hybridized carbons (Fsp3) is 0.300. The zero-order valence-electron chi connectivity index (χ0n) is 14.2. The lowest BCUT2D eigenvalue weighted by atomic mass is 9.99. The normalized spacial score (nSPS) is 11.2. The highest BCUT2D eigenvalue weighted by atomic mass is 35.5. The van der Waals surface area contributed by atoms with Crippen LogP contribution in [0.1, 0.15) is 24.0 Å². The van der Waals surface area contributed by atoms with Gasteiger partial charge in [0.05, 0.1) is 12.8 Å². The van der Waals surface area contributed by atoms with Gasteiger partial charge in [-0.05, 0) is 68.6 Å². The van der Waals surface area contributed by atoms with Gasteiger partial charge in [0.15, 0.2) is 0 Å². The minimum absolute atomic E-state index is 0.702. The maximum atomic E-state index is 6.24. The van der Waals surface area contributed by atoms with Crippen molar-refractivity contribution in [2.75, 3.05) is 13.7 Å². The Bertz CT molecular complexity index is 854. The summed E-state index contributed by atoms with van der Waals surface area (Å²) in [6.07, 6.45) is 3.06. The fourth-order valence-corrected chi connectivity index (χ4v) is 3.34. The third-order valence-electron chi connectivity index (χ3n) is 4.37. The average molecular weight is 343 g/mol. The van der Waals surface area contributed by atoms with Crippen molar-refractivity contribution in [3.63, 3.8) is 0 Å². The molecule has 0 saturated heterocycles. The van der Waals surface area contributed by atoms with Crippen LogP contribution in [0.4, 0.5) is 0 Å². The first-order valence-corrected chi connectivity index (χ1v) is 8.67. The van der Waals surface area contributed by atoms with Crippen LogP contribution in [0.15, 0.2) is 36.4 Å². The molecule has 0 atom stereocenters. The molecule has 0 spiro atoms. The van der Waals surface area contributed by atoms with E-state index in [2.05, 4.69) is 30.1 Å². The molecule has 0 fully saturated rings. The fourth-order valence-electron chi connectivity index (χ4n) is 3.17. The minimum atomic E-state index is 0.702. The van der Waals surface area contributed by atoms with Crippen LogP contribution in [-0.2, 0) is 6.42 Å². The summed E-state index contributed by atoms with van der Waals surface area (Å²) in [4.78, 5) is 3.57. The molecule has 0 unspecified atom stereocenters. The number of methoxy groups -OCH3 is 1. The van der Waals surface area contributed by atoms with Gasteiger partial charge in [-0.1, -0.05) is 23.2 Å². The Morgan fingerprint density at radius 1 is 1.12 bits per heavy atom. The van der Waals surface area contributed by atoms with E-state index in [0.717, 1.165) is 48.3 Å². The highest BCUT2D eigenvalue weighted by molar-refractivity contribution is 6.31. The number of rotatable bonds is 6. The van der Waals surface area contributed by atoms with Crippen LogP contribution >= 0.6 is 11.6 Å². The lowest BCUT2D eigenvalue weighted by Gasteiger charge is -2.10. The number of aromatic nitrogens is 1. The van der Waals surface area contributed by atoms with E-state index < -0.39 is 0 Å². The van der Waals surface area contributed by atoms with Gasteiger partial charge in [-0.3, -0.25) is 0 Å². The summed E-state index contributed by atoms with van der Waals surface area (Å²) in [6, 6.07) is 12.2. The molecule has 0 bridgehead atoms. The standard InChI is InChI=1S/C20H23ClN2O/c1-13-6-8-18-16(11-13)15(5-3-4-10-22)20(23-18)17-12-14(21)7-9-19(17)24-2/h6-9,11-12,23H,3-5,10,22H2,1-2H3. The van der Waals surface area contributed by atoms with E-state index in [-0.39, 0.29) is 0 Å². The van der Waals surface area contributed by atoms with Crippen molar-refractivity contribution in [2.45, 2.75) is 26.2 Å². The summed E-state index contributed by atoms with van der Waals surface area (Å²) in [5.41, 5.74) is 11.5. The molecule has 0 amide bonds. The Morgan fingerprint density at radius 3 is 2.71 bits per heavy atom. The van der Waals surface area contributed by atoms with Gasteiger partial charge in [0, 0.05) is 21.5 Å². The second kappa shape index (κ2) is 7.29. The maximum Gasteiger partial charge on any atom is 0.128 e. The first kappa shape index (κ1) is 16.9. The summed E-state index contributed by atoms with van der Waals surface area (Å²) in [6.45, 7) is 2.84. The van der Waals surface area contributed by atoms with Gasteiger partial charge < -0.3 is 15.5 Å². The van der Waals surface area contributed by atoms with Crippen molar-refractivity contribution in [1.82, 2.24) is 4.98 Å². The first-order valence-electron chi connectivity index (χ1n) is 8.29. The molecule has 2 aromatic carbocycles. The minimum Gasteiger partial charge on any atom is -0.496 e. The van der Waals surface area contributed by atoms with E-state index in [1.54, 1.807) is 7.11 Å². The lowest BCUT2D eigenvalue weighted by Crippen LogP contribution is -1.99. The number of hydrogen-bond donors (Lipinski definition) is 2. The molecule has 3 nitrogen and oxygen atoms in total. The number of nitrogens with one attached hydrogen (secondary N) is 1. The number of hydrogen-bond acceptors (Lipinski definition) is 2. The highest BCUT2D eigenvalue weighted by Crippen LogP contribution is 2.38. The molecular formula is C20H23ClN2O. The average Bonchev–Trinajstić information content (AvgIpc) is 2.93. The molecule has 1 aromatic heterocycles. The van der Waals surface area contributed by atoms with E-state index >= 15 is 0 Å². The predicted molar refractivity (Wildman–Crippen MR) is 102 cm³/mol. The summed E-state index contributed by atoms with van der Waals surface area (Å²) < 4.78 is 5.56. The number of aromatic amines is 1. The molecular weight excluding hydrogens is 320 g/mol. The Kier molecular flexibility index (Phi) is 5.12. The van der Waals surface area contributed by atoms with Gasteiger partial charge in [-0.2, -0.15) is 0 Å². The van der Waals surface area contributed by atoms with Gasteiger partial charge in [0.25, 0.3) is 0 Å². The number of aryl methyl sites for hydroxylation is 2. The van der Waals surface area contributed by atoms with E-state index in [9.17, 15) is 0 Å². The molecule has 0 aliphatic carbocycles. The number of fused-ring (bicyclic) bond motifs is 1. The summed E-state index contributed by atoms with van der Waals surface area (Å²) >= 11 is 6.24. The third-order valence-corrected chi connectivity index (χ3v) is 4.61. The van der Waals surface area contributed by atoms with Gasteiger partial charge in [0.1, 0.15) is 5.75 Å². The Labute approximate surface area is 147 Å². The van der Waals surface area contributed by atoms with E-state index in [4.69, 9.17) is 22.1 Å². The van der Waals surface area contributed by atoms with Crippen molar-refractivity contribution in [3.8, 4) is 17.0 Å². The number of unbranched alkanes of at least 4 members (excludes halogenated alkanes) is 1. The predicted octanol–water partition coefficient (Wildman–Crippen LogP) is 5.09. The Morgan fingerprint density at radius 2 is 1.96 bits per heavy atom. The molecule has 4 heteroatoms.